The predicted molar refractivity (Wildman–Crippen MR) is 113 cm³/mol. The largest absolute Gasteiger partial charge is 0.490 e. The summed E-state index contributed by atoms with van der Waals surface area (Å²) in [7, 11) is 0. The Hall–Kier alpha value is -3.48. The third-order valence-corrected chi connectivity index (χ3v) is 4.81. The Labute approximate surface area is 193 Å². The number of piperidine rings is 1. The van der Waals surface area contributed by atoms with E-state index in [9.17, 15) is 27.6 Å². The van der Waals surface area contributed by atoms with Crippen LogP contribution in [0.4, 0.5) is 13.2 Å². The topological polar surface area (TPSA) is 160 Å². The van der Waals surface area contributed by atoms with Crippen LogP contribution >= 0.6 is 0 Å². The number of alkyl halides is 3. The molecule has 188 valence electrons. The number of nitrogens with zero attached hydrogens (tertiary/aromatic N) is 2. The molecule has 10 nitrogen and oxygen atoms in total. The maximum absolute atomic E-state index is 12.6. The maximum atomic E-state index is 12.6. The van der Waals surface area contributed by atoms with Crippen molar-refractivity contribution < 1.29 is 47.3 Å². The van der Waals surface area contributed by atoms with Gasteiger partial charge in [-0.2, -0.15) is 18.3 Å². The number of halogens is 3. The Morgan fingerprint density at radius 3 is 2.15 bits per heavy atom. The van der Waals surface area contributed by atoms with E-state index in [1.807, 2.05) is 0 Å². The van der Waals surface area contributed by atoms with Crippen LogP contribution < -0.4 is 5.84 Å². The first-order valence-electron chi connectivity index (χ1n) is 10.1. The number of Topliss-reactive ketones (excluding diaryl/α,β-unsaturated/α-hetero) is 1. The summed E-state index contributed by atoms with van der Waals surface area (Å²) in [5.41, 5.74) is 1.34. The van der Waals surface area contributed by atoms with E-state index in [0.717, 1.165) is 5.56 Å². The lowest BCUT2D eigenvalue weighted by molar-refractivity contribution is -0.192. The summed E-state index contributed by atoms with van der Waals surface area (Å²) in [6, 6.07) is 6.89. The number of hydrogen-bond donors (Lipinski definition) is 3. The average Bonchev–Trinajstić information content (AvgIpc) is 2.78. The highest BCUT2D eigenvalue weighted by molar-refractivity contribution is 5.99. The minimum absolute atomic E-state index is 0.0630. The lowest BCUT2D eigenvalue weighted by Gasteiger charge is -2.33. The van der Waals surface area contributed by atoms with E-state index in [1.54, 1.807) is 36.1 Å². The van der Waals surface area contributed by atoms with Gasteiger partial charge in [0.05, 0.1) is 12.3 Å². The van der Waals surface area contributed by atoms with Crippen molar-refractivity contribution in [2.45, 2.75) is 38.5 Å². The molecule has 0 spiro atoms. The van der Waals surface area contributed by atoms with Crippen molar-refractivity contribution in [3.8, 4) is 0 Å². The monoisotopic (exact) mass is 489 g/mol. The Morgan fingerprint density at radius 2 is 1.71 bits per heavy atom. The minimum atomic E-state index is -5.08. The number of amides is 1. The van der Waals surface area contributed by atoms with Crippen molar-refractivity contribution in [2.24, 2.45) is 16.9 Å². The molecule has 1 aromatic carbocycles. The zero-order valence-electron chi connectivity index (χ0n) is 18.3. The van der Waals surface area contributed by atoms with Gasteiger partial charge in [-0.15, -0.1) is 0 Å². The molecule has 1 aliphatic rings. The van der Waals surface area contributed by atoms with Gasteiger partial charge in [0, 0.05) is 31.0 Å². The van der Waals surface area contributed by atoms with Crippen LogP contribution in [0.1, 0.15) is 42.1 Å². The van der Waals surface area contributed by atoms with Crippen molar-refractivity contribution in [1.82, 2.24) is 4.90 Å². The van der Waals surface area contributed by atoms with Gasteiger partial charge in [-0.1, -0.05) is 31.2 Å². The molecule has 2 rings (SSSR count). The first-order chi connectivity index (χ1) is 15.8. The van der Waals surface area contributed by atoms with Crippen molar-refractivity contribution >= 4 is 29.8 Å². The highest BCUT2D eigenvalue weighted by atomic mass is 19.4. The van der Waals surface area contributed by atoms with E-state index in [-0.39, 0.29) is 30.8 Å². The van der Waals surface area contributed by atoms with E-state index in [4.69, 9.17) is 25.6 Å². The van der Waals surface area contributed by atoms with Crippen LogP contribution in [0.5, 0.6) is 0 Å². The fourth-order valence-electron chi connectivity index (χ4n) is 3.07. The van der Waals surface area contributed by atoms with Gasteiger partial charge in [-0.25, -0.2) is 9.59 Å². The molecule has 1 saturated heterocycles. The average molecular weight is 489 g/mol. The molecule has 1 heterocycles. The smallest absolute Gasteiger partial charge is 0.480 e. The van der Waals surface area contributed by atoms with Crippen LogP contribution in [-0.4, -0.2) is 76.9 Å². The molecule has 1 aliphatic heterocycles. The molecular weight excluding hydrogens is 463 g/mol. The summed E-state index contributed by atoms with van der Waals surface area (Å²) in [6.45, 7) is 2.45. The van der Waals surface area contributed by atoms with E-state index in [0.29, 0.717) is 31.5 Å². The molecule has 34 heavy (non-hydrogen) atoms. The lowest BCUT2D eigenvalue weighted by Crippen LogP contribution is -2.43. The molecule has 0 radical (unpaired) electrons. The second-order valence-electron chi connectivity index (χ2n) is 7.46. The maximum Gasteiger partial charge on any atom is 0.490 e. The summed E-state index contributed by atoms with van der Waals surface area (Å²) in [4.78, 5) is 46.2. The Kier molecular flexibility index (Phi) is 11.2. The fourth-order valence-corrected chi connectivity index (χ4v) is 3.07. The number of rotatable bonds is 8. The number of ether oxygens (including phenoxy) is 1. The predicted octanol–water partition coefficient (Wildman–Crippen LogP) is 1.91. The summed E-state index contributed by atoms with van der Waals surface area (Å²) in [5, 5.41) is 19.2. The number of likely N-dealkylation sites (tertiary alicyclic amines) is 1. The molecule has 1 fully saturated rings. The molecule has 0 aliphatic carbocycles. The number of carboxylic acid groups (broad SMARTS) is 2. The van der Waals surface area contributed by atoms with Crippen LogP contribution in [-0.2, 0) is 19.1 Å². The number of carboxylic acids is 2. The standard InChI is InChI=1S/C19H25N3O5.C2HF3O2/c1-13(10-17(23)15-4-2-14(3-5-15)11-21-20)19(26)22-8-6-16(7-9-22)27-12-18(24)25;3-2(4,5)1(6)7/h2-5,11,13,16H,6-10,12,20H2,1H3,(H,24,25);(H,6,7). The molecule has 1 amide bonds. The molecule has 13 heteroatoms. The van der Waals surface area contributed by atoms with Crippen molar-refractivity contribution in [1.29, 1.82) is 0 Å². The summed E-state index contributed by atoms with van der Waals surface area (Å²) < 4.78 is 37.0. The number of aliphatic carboxylic acids is 2. The van der Waals surface area contributed by atoms with Gasteiger partial charge in [-0.3, -0.25) is 9.59 Å². The number of hydrazone groups is 1. The first-order valence-corrected chi connectivity index (χ1v) is 10.1. The van der Waals surface area contributed by atoms with Gasteiger partial charge in [0.2, 0.25) is 5.91 Å². The Morgan fingerprint density at radius 1 is 1.18 bits per heavy atom. The second kappa shape index (κ2) is 13.3. The minimum Gasteiger partial charge on any atom is -0.480 e. The third-order valence-electron chi connectivity index (χ3n) is 4.81. The van der Waals surface area contributed by atoms with Crippen molar-refractivity contribution in [3.63, 3.8) is 0 Å². The fraction of sp³-hybridized carbons (Fsp3) is 0.476. The molecule has 0 bridgehead atoms. The van der Waals surface area contributed by atoms with Crippen LogP contribution in [0.25, 0.3) is 0 Å². The lowest BCUT2D eigenvalue weighted by atomic mass is 9.97. The van der Waals surface area contributed by atoms with Crippen molar-refractivity contribution in [2.75, 3.05) is 19.7 Å². The molecule has 0 saturated carbocycles. The highest BCUT2D eigenvalue weighted by Gasteiger charge is 2.38. The number of hydrogen-bond acceptors (Lipinski definition) is 7. The number of benzene rings is 1. The van der Waals surface area contributed by atoms with Crippen LogP contribution in [0.15, 0.2) is 29.4 Å². The van der Waals surface area contributed by atoms with E-state index >= 15 is 0 Å². The number of carbonyl (C=O) groups excluding carboxylic acids is 2. The van der Waals surface area contributed by atoms with Gasteiger partial charge in [0.1, 0.15) is 6.61 Å². The zero-order valence-corrected chi connectivity index (χ0v) is 18.3. The van der Waals surface area contributed by atoms with E-state index in [1.165, 1.54) is 6.21 Å². The normalized spacial score (nSPS) is 15.4. The first kappa shape index (κ1) is 28.6. The molecule has 1 atom stereocenters. The molecule has 1 unspecified atom stereocenters. The quantitative estimate of drug-likeness (QED) is 0.216. The Bertz CT molecular complexity index is 881. The van der Waals surface area contributed by atoms with E-state index < -0.39 is 24.0 Å². The number of ketones is 1. The van der Waals surface area contributed by atoms with Crippen LogP contribution in [0.3, 0.4) is 0 Å². The van der Waals surface area contributed by atoms with Gasteiger partial charge in [-0.05, 0) is 18.4 Å². The molecule has 1 aromatic rings. The number of carbonyl (C=O) groups is 4. The van der Waals surface area contributed by atoms with Crippen LogP contribution in [0, 0.1) is 5.92 Å². The summed E-state index contributed by atoms with van der Waals surface area (Å²) >= 11 is 0. The van der Waals surface area contributed by atoms with Gasteiger partial charge >= 0.3 is 18.1 Å². The molecular formula is C21H26F3N3O7. The molecule has 0 aromatic heterocycles. The Balaban J connectivity index is 0.000000718. The van der Waals surface area contributed by atoms with Crippen LogP contribution in [0.2, 0.25) is 0 Å². The van der Waals surface area contributed by atoms with Gasteiger partial charge in [0.15, 0.2) is 5.78 Å². The number of nitrogens with two attached hydrogens (primary N) is 1. The SMILES string of the molecule is CC(CC(=O)c1ccc(C=NN)cc1)C(=O)N1CCC(OCC(=O)O)CC1.O=C(O)C(F)(F)F. The van der Waals surface area contributed by atoms with Crippen molar-refractivity contribution in [3.05, 3.63) is 35.4 Å². The molecule has 4 N–H and O–H groups in total. The third kappa shape index (κ3) is 9.98. The summed E-state index contributed by atoms with van der Waals surface area (Å²) in [6.07, 6.45) is -2.39. The second-order valence-corrected chi connectivity index (χ2v) is 7.46. The van der Waals surface area contributed by atoms with Gasteiger partial charge < -0.3 is 25.7 Å². The summed E-state index contributed by atoms with van der Waals surface area (Å²) in [5.74, 6) is 0.769. The van der Waals surface area contributed by atoms with E-state index in [2.05, 4.69) is 5.10 Å². The zero-order chi connectivity index (χ0) is 25.9. The van der Waals surface area contributed by atoms with Gasteiger partial charge in [0.25, 0.3) is 0 Å². The highest BCUT2D eigenvalue weighted by Crippen LogP contribution is 2.19.